The molecular weight excluding hydrogens is 240 g/mol. The van der Waals surface area contributed by atoms with Crippen molar-refractivity contribution in [3.8, 4) is 0 Å². The molecule has 0 radical (unpaired) electrons. The summed E-state index contributed by atoms with van der Waals surface area (Å²) in [5.74, 6) is 0.522. The van der Waals surface area contributed by atoms with Crippen molar-refractivity contribution in [3.05, 3.63) is 23.7 Å². The van der Waals surface area contributed by atoms with Gasteiger partial charge in [0.15, 0.2) is 0 Å². The van der Waals surface area contributed by atoms with Crippen molar-refractivity contribution in [2.45, 2.75) is 6.92 Å². The van der Waals surface area contributed by atoms with Crippen LogP contribution in [0.5, 0.6) is 0 Å². The number of aryl methyl sites for hydroxylation is 1. The smallest absolute Gasteiger partial charge is 0.250 e. The molecule has 0 aliphatic rings. The largest absolute Gasteiger partial charge is 0.397 e. The first kappa shape index (κ1) is 11.3. The van der Waals surface area contributed by atoms with E-state index in [0.717, 1.165) is 0 Å². The SMILES string of the molecule is Cc1nsc(Nc2cc(C(N)=O)c(N)cn2)n1. The van der Waals surface area contributed by atoms with Crippen LogP contribution in [0.3, 0.4) is 0 Å². The lowest BCUT2D eigenvalue weighted by Gasteiger charge is -2.05. The van der Waals surface area contributed by atoms with Crippen LogP contribution in [0.15, 0.2) is 12.3 Å². The summed E-state index contributed by atoms with van der Waals surface area (Å²) < 4.78 is 4.01. The van der Waals surface area contributed by atoms with Crippen LogP contribution in [-0.4, -0.2) is 20.2 Å². The van der Waals surface area contributed by atoms with Gasteiger partial charge in [0.25, 0.3) is 5.91 Å². The first-order chi connectivity index (χ1) is 8.06. The summed E-state index contributed by atoms with van der Waals surface area (Å²) in [6, 6.07) is 1.48. The molecule has 0 saturated carbocycles. The predicted octanol–water partition coefficient (Wildman–Crippen LogP) is 0.666. The molecule has 5 N–H and O–H groups in total. The van der Waals surface area contributed by atoms with Crippen LogP contribution >= 0.6 is 11.5 Å². The number of amides is 1. The van der Waals surface area contributed by atoms with Crippen LogP contribution in [0.4, 0.5) is 16.6 Å². The molecule has 0 saturated heterocycles. The van der Waals surface area contributed by atoms with Gasteiger partial charge in [-0.15, -0.1) is 0 Å². The van der Waals surface area contributed by atoms with E-state index in [1.807, 2.05) is 0 Å². The molecule has 0 aromatic carbocycles. The quantitative estimate of drug-likeness (QED) is 0.736. The number of nitrogens with two attached hydrogens (primary N) is 2. The van der Waals surface area contributed by atoms with E-state index in [0.29, 0.717) is 16.8 Å². The Morgan fingerprint density at radius 2 is 2.29 bits per heavy atom. The third-order valence-corrected chi connectivity index (χ3v) is 2.68. The topological polar surface area (TPSA) is 120 Å². The highest BCUT2D eigenvalue weighted by atomic mass is 32.1. The van der Waals surface area contributed by atoms with Crippen molar-refractivity contribution in [2.75, 3.05) is 11.1 Å². The Bertz CT molecular complexity index is 566. The van der Waals surface area contributed by atoms with Crippen LogP contribution in [0, 0.1) is 6.92 Å². The van der Waals surface area contributed by atoms with Crippen LogP contribution in [0.25, 0.3) is 0 Å². The summed E-state index contributed by atoms with van der Waals surface area (Å²) in [5, 5.41) is 3.51. The number of hydrogen-bond donors (Lipinski definition) is 3. The van der Waals surface area contributed by atoms with Gasteiger partial charge in [-0.25, -0.2) is 9.97 Å². The van der Waals surface area contributed by atoms with Gasteiger partial charge in [-0.2, -0.15) is 4.37 Å². The number of nitrogens with one attached hydrogen (secondary N) is 1. The third-order valence-electron chi connectivity index (χ3n) is 1.96. The first-order valence-electron chi connectivity index (χ1n) is 4.69. The highest BCUT2D eigenvalue weighted by molar-refractivity contribution is 7.09. The minimum absolute atomic E-state index is 0.226. The van der Waals surface area contributed by atoms with Gasteiger partial charge >= 0.3 is 0 Å². The molecular formula is C9H10N6OS. The van der Waals surface area contributed by atoms with Crippen molar-refractivity contribution in [1.82, 2.24) is 14.3 Å². The minimum Gasteiger partial charge on any atom is -0.397 e. The number of aromatic nitrogens is 3. The fourth-order valence-corrected chi connectivity index (χ4v) is 1.79. The zero-order valence-corrected chi connectivity index (χ0v) is 9.78. The number of rotatable bonds is 3. The second-order valence-corrected chi connectivity index (χ2v) is 4.04. The Kier molecular flexibility index (Phi) is 2.88. The molecule has 7 nitrogen and oxygen atoms in total. The molecule has 8 heteroatoms. The second kappa shape index (κ2) is 4.34. The van der Waals surface area contributed by atoms with Crippen molar-refractivity contribution in [3.63, 3.8) is 0 Å². The van der Waals surface area contributed by atoms with Crippen molar-refractivity contribution < 1.29 is 4.79 Å². The monoisotopic (exact) mass is 250 g/mol. The van der Waals surface area contributed by atoms with Gasteiger partial charge < -0.3 is 16.8 Å². The highest BCUT2D eigenvalue weighted by Gasteiger charge is 2.09. The van der Waals surface area contributed by atoms with E-state index in [1.165, 1.54) is 23.8 Å². The molecule has 0 aliphatic carbocycles. The zero-order valence-electron chi connectivity index (χ0n) is 8.97. The van der Waals surface area contributed by atoms with E-state index in [-0.39, 0.29) is 11.3 Å². The van der Waals surface area contributed by atoms with Crippen molar-refractivity contribution in [2.24, 2.45) is 5.73 Å². The molecule has 1 amide bonds. The molecule has 17 heavy (non-hydrogen) atoms. The van der Waals surface area contributed by atoms with Gasteiger partial charge in [0.1, 0.15) is 11.6 Å². The second-order valence-electron chi connectivity index (χ2n) is 3.29. The van der Waals surface area contributed by atoms with E-state index in [1.54, 1.807) is 6.92 Å². The predicted molar refractivity (Wildman–Crippen MR) is 65.1 cm³/mol. The Labute approximate surface area is 101 Å². The summed E-state index contributed by atoms with van der Waals surface area (Å²) in [6.45, 7) is 1.78. The fraction of sp³-hybridized carbons (Fsp3) is 0.111. The molecule has 0 fully saturated rings. The summed E-state index contributed by atoms with van der Waals surface area (Å²) in [7, 11) is 0. The van der Waals surface area contributed by atoms with Crippen LogP contribution in [0.2, 0.25) is 0 Å². The maximum Gasteiger partial charge on any atom is 0.250 e. The lowest BCUT2D eigenvalue weighted by atomic mass is 10.2. The third kappa shape index (κ3) is 2.48. The number of pyridine rings is 1. The van der Waals surface area contributed by atoms with E-state index in [4.69, 9.17) is 11.5 Å². The number of anilines is 3. The van der Waals surface area contributed by atoms with Crippen LogP contribution < -0.4 is 16.8 Å². The number of nitrogen functional groups attached to an aromatic ring is 1. The summed E-state index contributed by atoms with van der Waals surface area (Å²) in [4.78, 5) is 19.2. The van der Waals surface area contributed by atoms with Gasteiger partial charge in [-0.1, -0.05) is 0 Å². The van der Waals surface area contributed by atoms with E-state index in [2.05, 4.69) is 19.7 Å². The normalized spacial score (nSPS) is 10.2. The van der Waals surface area contributed by atoms with Crippen molar-refractivity contribution in [1.29, 1.82) is 0 Å². The highest BCUT2D eigenvalue weighted by Crippen LogP contribution is 2.19. The first-order valence-corrected chi connectivity index (χ1v) is 5.46. The average Bonchev–Trinajstić information content (AvgIpc) is 2.66. The molecule has 2 heterocycles. The van der Waals surface area contributed by atoms with Gasteiger partial charge in [0, 0.05) is 11.5 Å². The Hall–Kier alpha value is -2.22. The molecule has 0 spiro atoms. The maximum absolute atomic E-state index is 11.1. The van der Waals surface area contributed by atoms with Crippen LogP contribution in [0.1, 0.15) is 16.2 Å². The number of carbonyl (C=O) groups is 1. The summed E-state index contributed by atoms with van der Waals surface area (Å²) in [6.07, 6.45) is 1.37. The minimum atomic E-state index is -0.596. The Morgan fingerprint density at radius 3 is 2.88 bits per heavy atom. The molecule has 0 aliphatic heterocycles. The average molecular weight is 250 g/mol. The lowest BCUT2D eigenvalue weighted by Crippen LogP contribution is -2.14. The number of carbonyl (C=O) groups excluding carboxylic acids is 1. The van der Waals surface area contributed by atoms with Gasteiger partial charge in [0.2, 0.25) is 5.13 Å². The number of primary amides is 1. The van der Waals surface area contributed by atoms with Crippen LogP contribution in [-0.2, 0) is 0 Å². The van der Waals surface area contributed by atoms with Crippen molar-refractivity contribution >= 4 is 34.1 Å². The molecule has 2 aromatic heterocycles. The molecule has 2 rings (SSSR count). The Morgan fingerprint density at radius 1 is 1.53 bits per heavy atom. The molecule has 0 atom stereocenters. The molecule has 88 valence electrons. The lowest BCUT2D eigenvalue weighted by molar-refractivity contribution is 0.100. The standard InChI is InChI=1S/C9H10N6OS/c1-4-13-9(17-15-4)14-7-2-5(8(11)16)6(10)3-12-7/h2-3H,10H2,1H3,(H2,11,16)(H,12,13,14,15). The van der Waals surface area contributed by atoms with E-state index >= 15 is 0 Å². The Balaban J connectivity index is 2.28. The summed E-state index contributed by atoms with van der Waals surface area (Å²) >= 11 is 1.20. The van der Waals surface area contributed by atoms with E-state index < -0.39 is 5.91 Å². The molecule has 0 unspecified atom stereocenters. The van der Waals surface area contributed by atoms with E-state index in [9.17, 15) is 4.79 Å². The van der Waals surface area contributed by atoms with Gasteiger partial charge in [-0.05, 0) is 13.0 Å². The summed E-state index contributed by atoms with van der Waals surface area (Å²) in [5.41, 5.74) is 11.2. The van der Waals surface area contributed by atoms with Gasteiger partial charge in [0.05, 0.1) is 17.4 Å². The number of hydrogen-bond acceptors (Lipinski definition) is 7. The van der Waals surface area contributed by atoms with Gasteiger partial charge in [-0.3, -0.25) is 4.79 Å². The molecule has 0 bridgehead atoms. The zero-order chi connectivity index (χ0) is 12.4. The molecule has 2 aromatic rings. The number of nitrogens with zero attached hydrogens (tertiary/aromatic N) is 3. The fourth-order valence-electron chi connectivity index (χ4n) is 1.21. The maximum atomic E-state index is 11.1.